The predicted molar refractivity (Wildman–Crippen MR) is 74.2 cm³/mol. The Balaban J connectivity index is 2.28. The van der Waals surface area contributed by atoms with E-state index in [4.69, 9.17) is 10.5 Å². The van der Waals surface area contributed by atoms with E-state index in [1.165, 1.54) is 0 Å². The first-order valence-electron chi connectivity index (χ1n) is 6.14. The molecule has 0 saturated carbocycles. The molecule has 0 bridgehead atoms. The normalized spacial score (nSPS) is 13.4. The van der Waals surface area contributed by atoms with Gasteiger partial charge in [0.05, 0.1) is 12.4 Å². The van der Waals surface area contributed by atoms with Crippen LogP contribution >= 0.6 is 0 Å². The maximum absolute atomic E-state index is 11.7. The average molecular weight is 287 g/mol. The molecule has 1 atom stereocenters. The molecule has 1 aromatic heterocycles. The molecule has 108 valence electrons. The lowest BCUT2D eigenvalue weighted by Gasteiger charge is -2.11. The summed E-state index contributed by atoms with van der Waals surface area (Å²) in [5.41, 5.74) is 6.67. The number of rotatable bonds is 9. The zero-order chi connectivity index (χ0) is 14.1. The van der Waals surface area contributed by atoms with Crippen molar-refractivity contribution in [2.75, 3.05) is 26.0 Å². The van der Waals surface area contributed by atoms with E-state index >= 15 is 0 Å². The number of aromatic nitrogens is 1. The van der Waals surface area contributed by atoms with Gasteiger partial charge in [-0.05, 0) is 30.5 Å². The number of nitrogens with one attached hydrogen (secondary N) is 1. The van der Waals surface area contributed by atoms with Crippen LogP contribution in [0.1, 0.15) is 12.0 Å². The smallest absolute Gasteiger partial charge is 0.211 e. The van der Waals surface area contributed by atoms with Gasteiger partial charge in [-0.15, -0.1) is 0 Å². The summed E-state index contributed by atoms with van der Waals surface area (Å²) in [5.74, 6) is 0.0660. The van der Waals surface area contributed by atoms with Crippen LogP contribution in [0.25, 0.3) is 0 Å². The lowest BCUT2D eigenvalue weighted by Crippen LogP contribution is -2.34. The number of aryl methyl sites for hydroxylation is 1. The number of hydrogen-bond acceptors (Lipinski definition) is 5. The molecule has 19 heavy (non-hydrogen) atoms. The molecule has 1 aromatic rings. The molecular formula is C12H21N3O3S. The zero-order valence-electron chi connectivity index (χ0n) is 11.1. The van der Waals surface area contributed by atoms with Crippen LogP contribution in [0.4, 0.5) is 0 Å². The quantitative estimate of drug-likeness (QED) is 0.662. The fraction of sp³-hybridized carbons (Fsp3) is 0.583. The Morgan fingerprint density at radius 3 is 2.74 bits per heavy atom. The summed E-state index contributed by atoms with van der Waals surface area (Å²) < 4.78 is 30.9. The van der Waals surface area contributed by atoms with Gasteiger partial charge in [-0.2, -0.15) is 0 Å². The third-order valence-electron chi connectivity index (χ3n) is 2.63. The van der Waals surface area contributed by atoms with Gasteiger partial charge in [0.1, 0.15) is 0 Å². The average Bonchev–Trinajstić information content (AvgIpc) is 2.38. The summed E-state index contributed by atoms with van der Waals surface area (Å²) in [6.07, 6.45) is 4.34. The van der Waals surface area contributed by atoms with Crippen molar-refractivity contribution in [3.8, 4) is 0 Å². The van der Waals surface area contributed by atoms with E-state index in [1.807, 2.05) is 12.1 Å². The molecule has 3 N–H and O–H groups in total. The number of nitrogens with two attached hydrogens (primary N) is 1. The number of methoxy groups -OCH3 is 1. The van der Waals surface area contributed by atoms with E-state index < -0.39 is 10.0 Å². The summed E-state index contributed by atoms with van der Waals surface area (Å²) in [5, 5.41) is 0. The second kappa shape index (κ2) is 8.21. The van der Waals surface area contributed by atoms with Gasteiger partial charge in [-0.1, -0.05) is 0 Å². The molecule has 1 rings (SSSR count). The molecule has 7 heteroatoms. The first-order chi connectivity index (χ1) is 9.03. The van der Waals surface area contributed by atoms with Gasteiger partial charge in [0, 0.05) is 32.1 Å². The molecular weight excluding hydrogens is 266 g/mol. The summed E-state index contributed by atoms with van der Waals surface area (Å²) >= 11 is 0. The highest BCUT2D eigenvalue weighted by atomic mass is 32.2. The van der Waals surface area contributed by atoms with Crippen LogP contribution in [-0.2, 0) is 21.2 Å². The standard InChI is InChI=1S/C12H21N3O3S/c1-18-10-12(13)4-8-15-19(16,17)9-5-11-2-6-14-7-3-11/h2-3,6-7,12,15H,4-5,8-10,13H2,1H3. The van der Waals surface area contributed by atoms with Crippen molar-refractivity contribution in [1.82, 2.24) is 9.71 Å². The van der Waals surface area contributed by atoms with E-state index in [0.717, 1.165) is 5.56 Å². The molecule has 1 unspecified atom stereocenters. The first kappa shape index (κ1) is 16.0. The minimum Gasteiger partial charge on any atom is -0.383 e. The molecule has 0 radical (unpaired) electrons. The largest absolute Gasteiger partial charge is 0.383 e. The molecule has 0 aromatic carbocycles. The van der Waals surface area contributed by atoms with Crippen LogP contribution in [0.2, 0.25) is 0 Å². The van der Waals surface area contributed by atoms with Gasteiger partial charge in [-0.25, -0.2) is 13.1 Å². The van der Waals surface area contributed by atoms with E-state index in [2.05, 4.69) is 9.71 Å². The topological polar surface area (TPSA) is 94.3 Å². The number of pyridine rings is 1. The SMILES string of the molecule is COCC(N)CCNS(=O)(=O)CCc1ccncc1. The molecule has 0 spiro atoms. The minimum atomic E-state index is -3.26. The summed E-state index contributed by atoms with van der Waals surface area (Å²) in [6.45, 7) is 0.766. The summed E-state index contributed by atoms with van der Waals surface area (Å²) in [6, 6.07) is 3.47. The van der Waals surface area contributed by atoms with Crippen molar-refractivity contribution in [2.24, 2.45) is 5.73 Å². The van der Waals surface area contributed by atoms with Crippen molar-refractivity contribution in [1.29, 1.82) is 0 Å². The second-order valence-electron chi connectivity index (χ2n) is 4.32. The number of hydrogen-bond donors (Lipinski definition) is 2. The van der Waals surface area contributed by atoms with Crippen molar-refractivity contribution in [3.63, 3.8) is 0 Å². The Hall–Kier alpha value is -1.02. The number of sulfonamides is 1. The van der Waals surface area contributed by atoms with Gasteiger partial charge < -0.3 is 10.5 Å². The Bertz CT molecular complexity index is 451. The van der Waals surface area contributed by atoms with Gasteiger partial charge in [0.2, 0.25) is 10.0 Å². The van der Waals surface area contributed by atoms with Crippen LogP contribution in [0.15, 0.2) is 24.5 Å². The van der Waals surface area contributed by atoms with E-state index in [-0.39, 0.29) is 11.8 Å². The fourth-order valence-corrected chi connectivity index (χ4v) is 2.65. The highest BCUT2D eigenvalue weighted by Crippen LogP contribution is 2.00. The number of ether oxygens (including phenoxy) is 1. The highest BCUT2D eigenvalue weighted by Gasteiger charge is 2.11. The molecule has 0 aliphatic rings. The van der Waals surface area contributed by atoms with Crippen LogP contribution in [0.5, 0.6) is 0 Å². The Morgan fingerprint density at radius 2 is 2.11 bits per heavy atom. The second-order valence-corrected chi connectivity index (χ2v) is 6.25. The molecule has 0 fully saturated rings. The van der Waals surface area contributed by atoms with Crippen LogP contribution < -0.4 is 10.5 Å². The van der Waals surface area contributed by atoms with Crippen molar-refractivity contribution in [3.05, 3.63) is 30.1 Å². The van der Waals surface area contributed by atoms with Crippen LogP contribution in [0, 0.1) is 0 Å². The maximum atomic E-state index is 11.7. The molecule has 0 aliphatic heterocycles. The van der Waals surface area contributed by atoms with E-state index in [0.29, 0.717) is 26.0 Å². The van der Waals surface area contributed by atoms with Crippen LogP contribution in [0.3, 0.4) is 0 Å². The third-order valence-corrected chi connectivity index (χ3v) is 4.01. The Kier molecular flexibility index (Phi) is 6.93. The summed E-state index contributed by atoms with van der Waals surface area (Å²) in [4.78, 5) is 3.89. The predicted octanol–water partition coefficient (Wildman–Crippen LogP) is -0.0927. The van der Waals surface area contributed by atoms with Gasteiger partial charge >= 0.3 is 0 Å². The molecule has 0 amide bonds. The molecule has 1 heterocycles. The van der Waals surface area contributed by atoms with Gasteiger partial charge in [-0.3, -0.25) is 4.98 Å². The van der Waals surface area contributed by atoms with Crippen LogP contribution in [-0.4, -0.2) is 45.5 Å². The lowest BCUT2D eigenvalue weighted by molar-refractivity contribution is 0.177. The minimum absolute atomic E-state index is 0.0660. The van der Waals surface area contributed by atoms with Crippen molar-refractivity contribution >= 4 is 10.0 Å². The van der Waals surface area contributed by atoms with Gasteiger partial charge in [0.15, 0.2) is 0 Å². The maximum Gasteiger partial charge on any atom is 0.211 e. The first-order valence-corrected chi connectivity index (χ1v) is 7.79. The van der Waals surface area contributed by atoms with E-state index in [9.17, 15) is 8.42 Å². The van der Waals surface area contributed by atoms with Gasteiger partial charge in [0.25, 0.3) is 0 Å². The molecule has 0 saturated heterocycles. The van der Waals surface area contributed by atoms with E-state index in [1.54, 1.807) is 19.5 Å². The summed E-state index contributed by atoms with van der Waals surface area (Å²) in [7, 11) is -1.69. The molecule has 0 aliphatic carbocycles. The van der Waals surface area contributed by atoms with Crippen molar-refractivity contribution < 1.29 is 13.2 Å². The van der Waals surface area contributed by atoms with Crippen molar-refractivity contribution in [2.45, 2.75) is 18.9 Å². The highest BCUT2D eigenvalue weighted by molar-refractivity contribution is 7.89. The molecule has 6 nitrogen and oxygen atoms in total. The number of nitrogens with zero attached hydrogens (tertiary/aromatic N) is 1. The lowest BCUT2D eigenvalue weighted by atomic mass is 10.2. The monoisotopic (exact) mass is 287 g/mol. The Labute approximate surface area is 114 Å². The zero-order valence-corrected chi connectivity index (χ0v) is 11.9. The Morgan fingerprint density at radius 1 is 1.42 bits per heavy atom. The fourth-order valence-electron chi connectivity index (χ4n) is 1.57. The third kappa shape index (κ3) is 7.22.